The number of benzene rings is 3. The number of fused-ring (bicyclic) bond motifs is 4. The van der Waals surface area contributed by atoms with E-state index in [2.05, 4.69) is 52.1 Å². The number of aliphatic carboxylic acids is 1. The van der Waals surface area contributed by atoms with E-state index in [4.69, 9.17) is 20.4 Å². The Hall–Kier alpha value is -5.70. The molecule has 2 aliphatic rings. The lowest BCUT2D eigenvalue weighted by atomic mass is 9.84. The fraction of sp³-hybridized carbons (Fsp3) is 0.432. The highest BCUT2D eigenvalue weighted by Gasteiger charge is 2.38. The number of H-pyrrole nitrogens is 1. The molecule has 0 unspecified atom stereocenters. The molecule has 59 heavy (non-hydrogen) atoms. The lowest BCUT2D eigenvalue weighted by molar-refractivity contribution is -0.192. The van der Waals surface area contributed by atoms with Gasteiger partial charge in [-0.2, -0.15) is 13.2 Å². The number of anilines is 1. The number of ether oxygens (including phenoxy) is 1. The summed E-state index contributed by atoms with van der Waals surface area (Å²) in [6, 6.07) is 21.6. The van der Waals surface area contributed by atoms with Crippen molar-refractivity contribution >= 4 is 40.5 Å². The summed E-state index contributed by atoms with van der Waals surface area (Å²) in [5.74, 6) is -3.38. The number of pyridine rings is 1. The normalized spacial score (nSPS) is 14.9. The standard InChI is InChI=1S/C42H51N5O5.C2HF3O2/c1-2-12-28-24-39(48)45-37-25-29(20-21-30(28)37)44-40(49)36(19-10-11-22-43)46-41(50)38(23-27-13-4-3-5-14-27)47-42(51)52-26-35-33-17-8-6-15-31(33)32-16-7-9-18-34(32)35;3-2(4,5)1(6)7/h6-9,15-18,20-21,24-25,27,35-36,38H,2-5,10-14,19,22-23,26,43H2,1H3,(H,44,49)(H,45,48)(H,46,50)(H,47,51);(H,6,7)/t36-,38-;/m0./s1. The van der Waals surface area contributed by atoms with E-state index in [-0.39, 0.29) is 29.9 Å². The molecule has 316 valence electrons. The van der Waals surface area contributed by atoms with Crippen LogP contribution in [0, 0.1) is 5.92 Å². The Morgan fingerprint density at radius 2 is 1.53 bits per heavy atom. The maximum Gasteiger partial charge on any atom is 0.490 e. The summed E-state index contributed by atoms with van der Waals surface area (Å²) in [5.41, 5.74) is 12.2. The highest BCUT2D eigenvalue weighted by molar-refractivity contribution is 5.99. The molecule has 0 radical (unpaired) electrons. The number of aromatic amines is 1. The number of rotatable bonds is 15. The third-order valence-corrected chi connectivity index (χ3v) is 10.8. The van der Waals surface area contributed by atoms with E-state index in [9.17, 15) is 32.3 Å². The van der Waals surface area contributed by atoms with Crippen LogP contribution >= 0.6 is 0 Å². The van der Waals surface area contributed by atoms with Gasteiger partial charge < -0.3 is 36.5 Å². The van der Waals surface area contributed by atoms with Gasteiger partial charge in [0.25, 0.3) is 0 Å². The molecule has 12 nitrogen and oxygen atoms in total. The molecule has 0 spiro atoms. The van der Waals surface area contributed by atoms with Crippen molar-refractivity contribution in [3.8, 4) is 11.1 Å². The quantitative estimate of drug-likeness (QED) is 0.0663. The van der Waals surface area contributed by atoms with Crippen molar-refractivity contribution in [2.24, 2.45) is 11.7 Å². The van der Waals surface area contributed by atoms with Crippen LogP contribution in [0.4, 0.5) is 23.7 Å². The van der Waals surface area contributed by atoms with Crippen LogP contribution in [0.2, 0.25) is 0 Å². The van der Waals surface area contributed by atoms with Crippen LogP contribution in [0.3, 0.4) is 0 Å². The second-order valence-corrected chi connectivity index (χ2v) is 15.1. The number of aryl methyl sites for hydroxylation is 1. The number of hydrogen-bond donors (Lipinski definition) is 6. The number of carbonyl (C=O) groups excluding carboxylic acids is 3. The fourth-order valence-electron chi connectivity index (χ4n) is 7.92. The Labute approximate surface area is 340 Å². The number of carbonyl (C=O) groups is 4. The second kappa shape index (κ2) is 20.8. The van der Waals surface area contributed by atoms with Crippen molar-refractivity contribution in [2.45, 2.75) is 102 Å². The van der Waals surface area contributed by atoms with E-state index >= 15 is 0 Å². The average Bonchev–Trinajstić information content (AvgIpc) is 3.53. The highest BCUT2D eigenvalue weighted by Crippen LogP contribution is 2.44. The van der Waals surface area contributed by atoms with E-state index in [0.717, 1.165) is 71.7 Å². The molecule has 0 aliphatic heterocycles. The van der Waals surface area contributed by atoms with Gasteiger partial charge in [-0.15, -0.1) is 0 Å². The molecule has 4 aromatic rings. The molecule has 2 atom stereocenters. The van der Waals surface area contributed by atoms with Gasteiger partial charge in [0.1, 0.15) is 18.7 Å². The third-order valence-electron chi connectivity index (χ3n) is 10.8. The number of hydrogen-bond acceptors (Lipinski definition) is 7. The smallest absolute Gasteiger partial charge is 0.475 e. The van der Waals surface area contributed by atoms with Crippen LogP contribution in [0.15, 0.2) is 77.6 Å². The summed E-state index contributed by atoms with van der Waals surface area (Å²) in [4.78, 5) is 65.3. The second-order valence-electron chi connectivity index (χ2n) is 15.1. The number of amides is 3. The Balaban J connectivity index is 0.000000867. The molecule has 6 rings (SSSR count). The zero-order valence-corrected chi connectivity index (χ0v) is 33.0. The van der Waals surface area contributed by atoms with Crippen LogP contribution in [0.5, 0.6) is 0 Å². The van der Waals surface area contributed by atoms with Crippen molar-refractivity contribution in [1.29, 1.82) is 0 Å². The summed E-state index contributed by atoms with van der Waals surface area (Å²) in [5, 5.41) is 16.8. The number of alkyl carbamates (subject to hydrolysis) is 1. The van der Waals surface area contributed by atoms with Gasteiger partial charge >= 0.3 is 18.2 Å². The van der Waals surface area contributed by atoms with Gasteiger partial charge in [-0.3, -0.25) is 14.4 Å². The van der Waals surface area contributed by atoms with Gasteiger partial charge in [0, 0.05) is 23.1 Å². The molecule has 15 heteroatoms. The minimum atomic E-state index is -5.08. The number of carboxylic acid groups (broad SMARTS) is 1. The maximum absolute atomic E-state index is 14.0. The van der Waals surface area contributed by atoms with Crippen molar-refractivity contribution in [1.82, 2.24) is 15.6 Å². The Kier molecular flexibility index (Phi) is 15.7. The first kappa shape index (κ1) is 44.4. The third kappa shape index (κ3) is 12.2. The van der Waals surface area contributed by atoms with Gasteiger partial charge in [-0.05, 0) is 84.5 Å². The minimum Gasteiger partial charge on any atom is -0.475 e. The first-order chi connectivity index (χ1) is 28.3. The Morgan fingerprint density at radius 3 is 2.14 bits per heavy atom. The average molecular weight is 820 g/mol. The predicted octanol–water partition coefficient (Wildman–Crippen LogP) is 7.54. The van der Waals surface area contributed by atoms with E-state index in [0.29, 0.717) is 43.4 Å². The molecule has 0 bridgehead atoms. The van der Waals surface area contributed by atoms with E-state index in [1.807, 2.05) is 30.3 Å². The number of unbranched alkanes of at least 4 members (excludes halogenated alkanes) is 1. The Bertz CT molecular complexity index is 2110. The number of halogens is 3. The highest BCUT2D eigenvalue weighted by atomic mass is 19.4. The van der Waals surface area contributed by atoms with Gasteiger partial charge in [0.2, 0.25) is 17.4 Å². The summed E-state index contributed by atoms with van der Waals surface area (Å²) in [6.07, 6.45) is 3.41. The van der Waals surface area contributed by atoms with Gasteiger partial charge in [-0.1, -0.05) is 100 Å². The molecule has 2 aliphatic carbocycles. The van der Waals surface area contributed by atoms with Gasteiger partial charge in [-0.25, -0.2) is 9.59 Å². The van der Waals surface area contributed by atoms with Crippen molar-refractivity contribution in [3.63, 3.8) is 0 Å². The number of nitrogens with one attached hydrogen (secondary N) is 4. The van der Waals surface area contributed by atoms with E-state index in [1.54, 1.807) is 18.2 Å². The van der Waals surface area contributed by atoms with Gasteiger partial charge in [0.05, 0.1) is 5.52 Å². The lowest BCUT2D eigenvalue weighted by Gasteiger charge is -2.28. The number of carboxylic acids is 1. The monoisotopic (exact) mass is 819 g/mol. The molecule has 1 aromatic heterocycles. The molecule has 1 heterocycles. The lowest BCUT2D eigenvalue weighted by Crippen LogP contribution is -2.53. The molecular formula is C44H52F3N5O7. The maximum atomic E-state index is 14.0. The molecule has 3 amide bonds. The SMILES string of the molecule is CCCc1cc(=O)[nH]c2cc(NC(=O)[C@H](CCCCN)NC(=O)[C@H](CC3CCCCC3)NC(=O)OCC3c4ccccc4-c4ccccc43)ccc12.O=C(O)C(F)(F)F. The largest absolute Gasteiger partial charge is 0.490 e. The molecule has 7 N–H and O–H groups in total. The number of aromatic nitrogens is 1. The first-order valence-electron chi connectivity index (χ1n) is 20.2. The predicted molar refractivity (Wildman–Crippen MR) is 219 cm³/mol. The zero-order valence-electron chi connectivity index (χ0n) is 33.0. The van der Waals surface area contributed by atoms with E-state index < -0.39 is 36.2 Å². The first-order valence-corrected chi connectivity index (χ1v) is 20.2. The fourth-order valence-corrected chi connectivity index (χ4v) is 7.92. The van der Waals surface area contributed by atoms with Crippen LogP contribution < -0.4 is 27.2 Å². The minimum absolute atomic E-state index is 0.106. The Morgan fingerprint density at radius 1 is 0.881 bits per heavy atom. The molecule has 0 saturated heterocycles. The summed E-state index contributed by atoms with van der Waals surface area (Å²) in [7, 11) is 0. The van der Waals surface area contributed by atoms with Gasteiger partial charge in [0.15, 0.2) is 0 Å². The van der Waals surface area contributed by atoms with Crippen LogP contribution in [0.25, 0.3) is 22.0 Å². The number of nitrogens with two attached hydrogens (primary N) is 1. The molecule has 1 fully saturated rings. The van der Waals surface area contributed by atoms with Crippen molar-refractivity contribution in [3.05, 3.63) is 99.8 Å². The summed E-state index contributed by atoms with van der Waals surface area (Å²) in [6.45, 7) is 2.67. The topological polar surface area (TPSA) is 193 Å². The van der Waals surface area contributed by atoms with E-state index in [1.165, 1.54) is 6.42 Å². The molecule has 3 aromatic carbocycles. The molecular weight excluding hydrogens is 768 g/mol. The van der Waals surface area contributed by atoms with Crippen LogP contribution in [-0.4, -0.2) is 65.4 Å². The van der Waals surface area contributed by atoms with Crippen molar-refractivity contribution < 1.29 is 42.2 Å². The van der Waals surface area contributed by atoms with Crippen LogP contribution in [-0.2, 0) is 25.5 Å². The zero-order chi connectivity index (χ0) is 42.5. The van der Waals surface area contributed by atoms with Crippen molar-refractivity contribution in [2.75, 3.05) is 18.5 Å². The molecule has 1 saturated carbocycles. The number of alkyl halides is 3. The summed E-state index contributed by atoms with van der Waals surface area (Å²) < 4.78 is 37.6. The van der Waals surface area contributed by atoms with Crippen LogP contribution in [0.1, 0.15) is 93.7 Å². The summed E-state index contributed by atoms with van der Waals surface area (Å²) >= 11 is 0.